The molecule has 1 aromatic heterocycles. The number of hydrogen-bond donors (Lipinski definition) is 3. The summed E-state index contributed by atoms with van der Waals surface area (Å²) in [4.78, 5) is 13.9. The summed E-state index contributed by atoms with van der Waals surface area (Å²) in [6.45, 7) is 2.06. The van der Waals surface area contributed by atoms with E-state index in [1.54, 1.807) is 4.57 Å². The lowest BCUT2D eigenvalue weighted by Crippen LogP contribution is -2.20. The predicted octanol–water partition coefficient (Wildman–Crippen LogP) is 1.62. The van der Waals surface area contributed by atoms with Gasteiger partial charge in [0.25, 0.3) is 5.56 Å². The maximum Gasteiger partial charge on any atom is 0.277 e. The normalized spacial score (nSPS) is 10.5. The molecule has 2 rings (SSSR count). The first kappa shape index (κ1) is 12.4. The minimum Gasteiger partial charge on any atom is -0.391 e. The van der Waals surface area contributed by atoms with E-state index in [2.05, 4.69) is 11.9 Å². The average Bonchev–Trinajstić information content (AvgIpc) is 2.36. The fraction of sp³-hybridized carbons (Fsp3) is 0.167. The van der Waals surface area contributed by atoms with Gasteiger partial charge in [-0.25, -0.2) is 0 Å². The summed E-state index contributed by atoms with van der Waals surface area (Å²) in [6.07, 6.45) is 0.903. The molecule has 0 saturated carbocycles. The number of anilines is 2. The highest BCUT2D eigenvalue weighted by molar-refractivity contribution is 7.71. The Morgan fingerprint density at radius 3 is 2.78 bits per heavy atom. The maximum absolute atomic E-state index is 11.4. The number of H-pyrrole nitrogens is 1. The average molecular weight is 262 g/mol. The number of rotatable bonds is 2. The molecule has 1 heterocycles. The molecule has 0 saturated heterocycles. The molecular weight excluding hydrogens is 248 g/mol. The summed E-state index contributed by atoms with van der Waals surface area (Å²) < 4.78 is 1.80. The lowest BCUT2D eigenvalue weighted by atomic mass is 10.1. The van der Waals surface area contributed by atoms with Crippen molar-refractivity contribution in [1.82, 2.24) is 9.55 Å². The molecule has 6 heteroatoms. The molecule has 0 aliphatic carbocycles. The first-order chi connectivity index (χ1) is 8.54. The van der Waals surface area contributed by atoms with Crippen molar-refractivity contribution in [2.24, 2.45) is 0 Å². The fourth-order valence-electron chi connectivity index (χ4n) is 1.74. The number of aryl methyl sites for hydroxylation is 1. The number of nitrogens with one attached hydrogen (secondary N) is 1. The van der Waals surface area contributed by atoms with E-state index in [0.29, 0.717) is 0 Å². The molecule has 0 bridgehead atoms. The maximum atomic E-state index is 11.4. The summed E-state index contributed by atoms with van der Waals surface area (Å²) in [5, 5.41) is 0. The Balaban J connectivity index is 2.75. The second-order valence-corrected chi connectivity index (χ2v) is 4.30. The van der Waals surface area contributed by atoms with Gasteiger partial charge >= 0.3 is 0 Å². The first-order valence-corrected chi connectivity index (χ1v) is 5.95. The second-order valence-electron chi connectivity index (χ2n) is 3.92. The molecule has 0 aliphatic rings. The van der Waals surface area contributed by atoms with E-state index in [-0.39, 0.29) is 16.3 Å². The molecular formula is C12H14N4OS. The quantitative estimate of drug-likeness (QED) is 0.717. The summed E-state index contributed by atoms with van der Waals surface area (Å²) in [5.74, 6) is 0.164. The Bertz CT molecular complexity index is 702. The fourth-order valence-corrected chi connectivity index (χ4v) is 2.03. The molecule has 0 unspecified atom stereocenters. The molecule has 1 aromatic carbocycles. The topological polar surface area (TPSA) is 89.8 Å². The van der Waals surface area contributed by atoms with Gasteiger partial charge in [-0.15, -0.1) is 0 Å². The molecule has 18 heavy (non-hydrogen) atoms. The van der Waals surface area contributed by atoms with Gasteiger partial charge in [0, 0.05) is 0 Å². The van der Waals surface area contributed by atoms with Gasteiger partial charge < -0.3 is 11.5 Å². The third kappa shape index (κ3) is 2.02. The van der Waals surface area contributed by atoms with E-state index in [1.165, 1.54) is 0 Å². The molecule has 94 valence electrons. The van der Waals surface area contributed by atoms with E-state index < -0.39 is 5.56 Å². The zero-order valence-electron chi connectivity index (χ0n) is 9.93. The van der Waals surface area contributed by atoms with Crippen LogP contribution in [0.5, 0.6) is 0 Å². The summed E-state index contributed by atoms with van der Waals surface area (Å²) in [6, 6.07) is 7.75. The summed E-state index contributed by atoms with van der Waals surface area (Å²) in [7, 11) is 0. The van der Waals surface area contributed by atoms with Crippen LogP contribution in [0.4, 0.5) is 11.5 Å². The monoisotopic (exact) mass is 262 g/mol. The van der Waals surface area contributed by atoms with Crippen molar-refractivity contribution in [2.75, 3.05) is 11.5 Å². The van der Waals surface area contributed by atoms with Crippen LogP contribution in [-0.2, 0) is 6.42 Å². The Morgan fingerprint density at radius 1 is 1.39 bits per heavy atom. The molecule has 0 amide bonds. The minimum absolute atomic E-state index is 0.0227. The summed E-state index contributed by atoms with van der Waals surface area (Å²) in [5.41, 5.74) is 12.9. The third-order valence-electron chi connectivity index (χ3n) is 2.76. The highest BCUT2D eigenvalue weighted by Gasteiger charge is 2.09. The van der Waals surface area contributed by atoms with Crippen molar-refractivity contribution in [3.63, 3.8) is 0 Å². The van der Waals surface area contributed by atoms with Crippen molar-refractivity contribution in [1.29, 1.82) is 0 Å². The first-order valence-electron chi connectivity index (χ1n) is 5.54. The lowest BCUT2D eigenvalue weighted by molar-refractivity contribution is 0.950. The van der Waals surface area contributed by atoms with Gasteiger partial charge in [-0.2, -0.15) is 0 Å². The standard InChI is InChI=1S/C12H14N4OS/c1-2-7-4-3-5-8(6-7)16-10(14)9(13)11(17)15-12(16)18/h3-6H,2,13-14H2,1H3,(H,15,17,18). The van der Waals surface area contributed by atoms with Crippen molar-refractivity contribution in [2.45, 2.75) is 13.3 Å². The Labute approximate surface area is 109 Å². The molecule has 2 aromatic rings. The van der Waals surface area contributed by atoms with Gasteiger partial charge in [-0.3, -0.25) is 14.3 Å². The smallest absolute Gasteiger partial charge is 0.277 e. The molecule has 0 aliphatic heterocycles. The van der Waals surface area contributed by atoms with Gasteiger partial charge in [0.05, 0.1) is 5.69 Å². The number of nitrogens with two attached hydrogens (primary N) is 2. The number of nitrogens with zero attached hydrogens (tertiary/aromatic N) is 1. The van der Waals surface area contributed by atoms with Crippen LogP contribution in [0, 0.1) is 4.77 Å². The van der Waals surface area contributed by atoms with E-state index in [0.717, 1.165) is 17.7 Å². The third-order valence-corrected chi connectivity index (χ3v) is 3.05. The molecule has 0 fully saturated rings. The predicted molar refractivity (Wildman–Crippen MR) is 75.4 cm³/mol. The van der Waals surface area contributed by atoms with E-state index in [4.69, 9.17) is 23.7 Å². The van der Waals surface area contributed by atoms with E-state index in [1.807, 2.05) is 24.3 Å². The Hall–Kier alpha value is -2.08. The largest absolute Gasteiger partial charge is 0.391 e. The van der Waals surface area contributed by atoms with Crippen molar-refractivity contribution in [3.8, 4) is 5.69 Å². The zero-order valence-corrected chi connectivity index (χ0v) is 10.8. The van der Waals surface area contributed by atoms with Crippen molar-refractivity contribution >= 4 is 23.7 Å². The van der Waals surface area contributed by atoms with Gasteiger partial charge in [0.2, 0.25) is 0 Å². The number of aromatic amines is 1. The van der Waals surface area contributed by atoms with Crippen LogP contribution in [0.3, 0.4) is 0 Å². The molecule has 5 nitrogen and oxygen atoms in total. The second kappa shape index (κ2) is 4.66. The van der Waals surface area contributed by atoms with E-state index >= 15 is 0 Å². The van der Waals surface area contributed by atoms with Crippen LogP contribution in [0.1, 0.15) is 12.5 Å². The van der Waals surface area contributed by atoms with Crippen molar-refractivity contribution in [3.05, 3.63) is 45.0 Å². The minimum atomic E-state index is -0.458. The number of nitrogen functional groups attached to an aromatic ring is 2. The summed E-state index contributed by atoms with van der Waals surface area (Å²) >= 11 is 5.12. The van der Waals surface area contributed by atoms with Gasteiger partial charge in [0.15, 0.2) is 4.77 Å². The highest BCUT2D eigenvalue weighted by atomic mass is 32.1. The number of aromatic nitrogens is 2. The lowest BCUT2D eigenvalue weighted by Gasteiger charge is -2.12. The zero-order chi connectivity index (χ0) is 13.3. The number of benzene rings is 1. The van der Waals surface area contributed by atoms with Crippen LogP contribution in [0.2, 0.25) is 0 Å². The Morgan fingerprint density at radius 2 is 2.11 bits per heavy atom. The molecule has 0 atom stereocenters. The van der Waals surface area contributed by atoms with Crippen LogP contribution in [0.25, 0.3) is 5.69 Å². The Kier molecular flexibility index (Phi) is 3.20. The van der Waals surface area contributed by atoms with Crippen LogP contribution >= 0.6 is 12.2 Å². The SMILES string of the molecule is CCc1cccc(-n2c(N)c(N)c(=O)[nH]c2=S)c1. The molecule has 0 spiro atoms. The molecule has 0 radical (unpaired) electrons. The van der Waals surface area contributed by atoms with Gasteiger partial charge in [-0.05, 0) is 36.3 Å². The van der Waals surface area contributed by atoms with Crippen LogP contribution in [0.15, 0.2) is 29.1 Å². The van der Waals surface area contributed by atoms with E-state index in [9.17, 15) is 4.79 Å². The highest BCUT2D eigenvalue weighted by Crippen LogP contribution is 2.18. The van der Waals surface area contributed by atoms with Crippen LogP contribution < -0.4 is 17.0 Å². The van der Waals surface area contributed by atoms with Crippen LogP contribution in [-0.4, -0.2) is 9.55 Å². The number of hydrogen-bond acceptors (Lipinski definition) is 4. The van der Waals surface area contributed by atoms with Gasteiger partial charge in [0.1, 0.15) is 11.5 Å². The van der Waals surface area contributed by atoms with Gasteiger partial charge in [-0.1, -0.05) is 19.1 Å². The molecule has 5 N–H and O–H groups in total. The van der Waals surface area contributed by atoms with Crippen molar-refractivity contribution < 1.29 is 0 Å².